The number of amides is 1. The number of halogens is 3. The van der Waals surface area contributed by atoms with Gasteiger partial charge in [0.15, 0.2) is 0 Å². The Hall–Kier alpha value is -3.56. The molecule has 188 valence electrons. The van der Waals surface area contributed by atoms with Crippen LogP contribution in [-0.2, 0) is 0 Å². The molecule has 0 spiro atoms. The summed E-state index contributed by atoms with van der Waals surface area (Å²) in [5.74, 6) is 0.888. The average molecular weight is 490 g/mol. The second kappa shape index (κ2) is 11.7. The Morgan fingerprint density at radius 3 is 2.49 bits per heavy atom. The molecule has 0 bridgehead atoms. The lowest BCUT2D eigenvalue weighted by Gasteiger charge is -2.21. The minimum atomic E-state index is -4.75. The molecule has 3 aromatic rings. The monoisotopic (exact) mass is 489 g/mol. The minimum Gasteiger partial charge on any atom is -0.406 e. The maximum absolute atomic E-state index is 12.1. The number of nitrogen functional groups attached to an aromatic ring is 1. The van der Waals surface area contributed by atoms with Crippen LogP contribution in [0.4, 0.5) is 24.9 Å². The molecule has 1 fully saturated rings. The maximum Gasteiger partial charge on any atom is 0.573 e. The third-order valence-corrected chi connectivity index (χ3v) is 5.63. The summed E-state index contributed by atoms with van der Waals surface area (Å²) in [4.78, 5) is 22.2. The highest BCUT2D eigenvalue weighted by molar-refractivity contribution is 5.94. The predicted octanol–water partition coefficient (Wildman–Crippen LogP) is 5.17. The van der Waals surface area contributed by atoms with Gasteiger partial charge in [-0.15, -0.1) is 13.2 Å². The number of alkyl halides is 3. The van der Waals surface area contributed by atoms with E-state index in [1.807, 2.05) is 43.3 Å². The van der Waals surface area contributed by atoms with E-state index >= 15 is 0 Å². The van der Waals surface area contributed by atoms with Gasteiger partial charge in [0.2, 0.25) is 5.95 Å². The number of hydrogen-bond acceptors (Lipinski definition) is 6. The van der Waals surface area contributed by atoms with Crippen LogP contribution >= 0.6 is 0 Å². The number of rotatable bonds is 5. The molecule has 0 atom stereocenters. The molecule has 1 aliphatic rings. The van der Waals surface area contributed by atoms with Gasteiger partial charge in [0.25, 0.3) is 5.91 Å². The van der Waals surface area contributed by atoms with Gasteiger partial charge < -0.3 is 20.7 Å². The van der Waals surface area contributed by atoms with Crippen molar-refractivity contribution in [3.8, 4) is 5.75 Å². The van der Waals surface area contributed by atoms with Crippen molar-refractivity contribution >= 4 is 28.6 Å². The van der Waals surface area contributed by atoms with Crippen molar-refractivity contribution in [1.82, 2.24) is 15.3 Å². The van der Waals surface area contributed by atoms with Crippen molar-refractivity contribution in [2.45, 2.75) is 38.5 Å². The summed E-state index contributed by atoms with van der Waals surface area (Å²) >= 11 is 0. The van der Waals surface area contributed by atoms with Crippen LogP contribution in [0.2, 0.25) is 0 Å². The lowest BCUT2D eigenvalue weighted by Crippen LogP contribution is -2.30. The first-order valence-corrected chi connectivity index (χ1v) is 11.5. The number of aromatic nitrogens is 2. The number of carbonyl (C=O) groups excluding carboxylic acids is 1. The minimum absolute atomic E-state index is 0.174. The number of hydrogen-bond donors (Lipinski definition) is 2. The van der Waals surface area contributed by atoms with Crippen LogP contribution < -0.4 is 20.7 Å². The molecule has 1 aromatic heterocycles. The van der Waals surface area contributed by atoms with Gasteiger partial charge in [-0.05, 0) is 49.1 Å². The zero-order valence-corrected chi connectivity index (χ0v) is 19.8. The van der Waals surface area contributed by atoms with Gasteiger partial charge in [0, 0.05) is 31.6 Å². The summed E-state index contributed by atoms with van der Waals surface area (Å²) < 4.78 is 40.2. The quantitative estimate of drug-likeness (QED) is 0.513. The van der Waals surface area contributed by atoms with Crippen LogP contribution in [0.15, 0.2) is 48.5 Å². The summed E-state index contributed by atoms with van der Waals surface area (Å²) in [6.45, 7) is 0.573. The fraction of sp³-hybridized carbons (Fsp3) is 0.400. The van der Waals surface area contributed by atoms with Crippen LogP contribution in [0.5, 0.6) is 5.75 Å². The van der Waals surface area contributed by atoms with E-state index in [1.54, 1.807) is 0 Å². The molecule has 4 rings (SSSR count). The molecular weight excluding hydrogens is 459 g/mol. The number of nitrogens with zero attached hydrogens (tertiary/aromatic N) is 3. The molecule has 3 N–H and O–H groups in total. The van der Waals surface area contributed by atoms with E-state index in [0.29, 0.717) is 18.4 Å². The van der Waals surface area contributed by atoms with E-state index in [9.17, 15) is 18.0 Å². The summed E-state index contributed by atoms with van der Waals surface area (Å²) in [6.07, 6.45) is 1.03. The van der Waals surface area contributed by atoms with Crippen LogP contribution in [0.1, 0.15) is 42.5 Å². The second-order valence-electron chi connectivity index (χ2n) is 8.61. The van der Waals surface area contributed by atoms with Gasteiger partial charge >= 0.3 is 6.36 Å². The average Bonchev–Trinajstić information content (AvgIpc) is 2.82. The van der Waals surface area contributed by atoms with Crippen LogP contribution in [0.25, 0.3) is 10.9 Å². The van der Waals surface area contributed by atoms with Crippen LogP contribution in [0.3, 0.4) is 0 Å². The number of carbonyl (C=O) groups is 1. The lowest BCUT2D eigenvalue weighted by molar-refractivity contribution is -0.274. The lowest BCUT2D eigenvalue weighted by atomic mass is 9.89. The molecule has 1 amide bonds. The SMILES string of the molecule is CN(C)c1nc(N)nc2ccccc12.O=C(NCC1CCCCC1)c1cccc(OC(F)(F)F)c1. The number of fused-ring (bicyclic) bond motifs is 1. The molecule has 1 aliphatic carbocycles. The van der Waals surface area contributed by atoms with E-state index in [1.165, 1.54) is 37.5 Å². The molecule has 0 unspecified atom stereocenters. The van der Waals surface area contributed by atoms with E-state index in [2.05, 4.69) is 20.0 Å². The molecule has 0 aliphatic heterocycles. The first kappa shape index (κ1) is 26.1. The van der Waals surface area contributed by atoms with Gasteiger partial charge in [0.1, 0.15) is 11.6 Å². The van der Waals surface area contributed by atoms with Crippen molar-refractivity contribution < 1.29 is 22.7 Å². The smallest absolute Gasteiger partial charge is 0.406 e. The molecule has 0 radical (unpaired) electrons. The molecule has 1 saturated carbocycles. The molecule has 1 heterocycles. The Balaban J connectivity index is 0.000000211. The van der Waals surface area contributed by atoms with Crippen LogP contribution in [-0.4, -0.2) is 42.9 Å². The van der Waals surface area contributed by atoms with E-state index in [4.69, 9.17) is 5.73 Å². The zero-order chi connectivity index (χ0) is 25.4. The Morgan fingerprint density at radius 1 is 1.09 bits per heavy atom. The number of para-hydroxylation sites is 1. The summed E-state index contributed by atoms with van der Waals surface area (Å²) in [7, 11) is 3.88. The molecule has 2 aromatic carbocycles. The number of benzene rings is 2. The highest BCUT2D eigenvalue weighted by Gasteiger charge is 2.31. The number of ether oxygens (including phenoxy) is 1. The fourth-order valence-electron chi connectivity index (χ4n) is 3.98. The first-order chi connectivity index (χ1) is 16.6. The Labute approximate surface area is 202 Å². The van der Waals surface area contributed by atoms with Crippen molar-refractivity contribution in [2.24, 2.45) is 5.92 Å². The van der Waals surface area contributed by atoms with E-state index in [0.717, 1.165) is 35.6 Å². The fourth-order valence-corrected chi connectivity index (χ4v) is 3.98. The van der Waals surface area contributed by atoms with Crippen molar-refractivity contribution in [3.63, 3.8) is 0 Å². The van der Waals surface area contributed by atoms with E-state index < -0.39 is 6.36 Å². The summed E-state index contributed by atoms with van der Waals surface area (Å²) in [5.41, 5.74) is 6.67. The molecular formula is C25H30F3N5O2. The number of nitrogens with one attached hydrogen (secondary N) is 1. The van der Waals surface area contributed by atoms with Gasteiger partial charge in [-0.2, -0.15) is 4.98 Å². The van der Waals surface area contributed by atoms with Crippen molar-refractivity contribution in [3.05, 3.63) is 54.1 Å². The molecule has 35 heavy (non-hydrogen) atoms. The standard InChI is InChI=1S/C15H18F3NO2.C10H12N4/c16-15(17,18)21-13-8-4-7-12(9-13)14(20)19-10-11-5-2-1-3-6-11;1-14(2)9-7-5-3-4-6-8(7)12-10(11)13-9/h4,7-9,11H,1-3,5-6,10H2,(H,19,20);3-6H,1-2H3,(H2,11,12,13). The Bertz CT molecular complexity index is 1130. The third kappa shape index (κ3) is 8.01. The summed E-state index contributed by atoms with van der Waals surface area (Å²) in [5, 5.41) is 3.80. The van der Waals surface area contributed by atoms with Gasteiger partial charge in [-0.25, -0.2) is 4.98 Å². The van der Waals surface area contributed by atoms with Gasteiger partial charge in [-0.1, -0.05) is 37.5 Å². The summed E-state index contributed by atoms with van der Waals surface area (Å²) in [6, 6.07) is 12.9. The number of anilines is 2. The van der Waals surface area contributed by atoms with Crippen molar-refractivity contribution in [2.75, 3.05) is 31.3 Å². The topological polar surface area (TPSA) is 93.4 Å². The first-order valence-electron chi connectivity index (χ1n) is 11.5. The van der Waals surface area contributed by atoms with Gasteiger partial charge in [-0.3, -0.25) is 4.79 Å². The normalized spacial score (nSPS) is 14.1. The van der Waals surface area contributed by atoms with Gasteiger partial charge in [0.05, 0.1) is 5.52 Å². The van der Waals surface area contributed by atoms with Crippen molar-refractivity contribution in [1.29, 1.82) is 0 Å². The highest BCUT2D eigenvalue weighted by Crippen LogP contribution is 2.25. The predicted molar refractivity (Wildman–Crippen MR) is 130 cm³/mol. The maximum atomic E-state index is 12.1. The third-order valence-electron chi connectivity index (χ3n) is 5.63. The van der Waals surface area contributed by atoms with Crippen LogP contribution in [0, 0.1) is 5.92 Å². The van der Waals surface area contributed by atoms with E-state index in [-0.39, 0.29) is 17.2 Å². The second-order valence-corrected chi connectivity index (χ2v) is 8.61. The zero-order valence-electron chi connectivity index (χ0n) is 19.8. The molecule has 10 heteroatoms. The Morgan fingerprint density at radius 2 is 1.80 bits per heavy atom. The Kier molecular flexibility index (Phi) is 8.73. The largest absolute Gasteiger partial charge is 0.573 e. The molecule has 7 nitrogen and oxygen atoms in total. The molecule has 0 saturated heterocycles. The highest BCUT2D eigenvalue weighted by atomic mass is 19.4. The number of nitrogens with two attached hydrogens (primary N) is 1.